The Balaban J connectivity index is 0.000000795. The summed E-state index contributed by atoms with van der Waals surface area (Å²) in [5, 5.41) is 7.82. The Hall–Kier alpha value is -3.51. The maximum atomic E-state index is 4.79. The zero-order valence-electron chi connectivity index (χ0n) is 21.3. The van der Waals surface area contributed by atoms with Crippen LogP contribution in [0.3, 0.4) is 0 Å². The fourth-order valence-corrected chi connectivity index (χ4v) is 3.77. The third kappa shape index (κ3) is 8.04. The lowest BCUT2D eigenvalue weighted by Gasteiger charge is -2.13. The summed E-state index contributed by atoms with van der Waals surface area (Å²) in [4.78, 5) is 14.0. The number of ether oxygens (including phenoxy) is 1. The van der Waals surface area contributed by atoms with Crippen molar-refractivity contribution in [1.29, 1.82) is 0 Å². The van der Waals surface area contributed by atoms with E-state index in [2.05, 4.69) is 69.8 Å². The minimum absolute atomic E-state index is 0.609. The molecule has 2 heterocycles. The van der Waals surface area contributed by atoms with Gasteiger partial charge in [0.1, 0.15) is 11.7 Å². The molecule has 1 aromatic heterocycles. The van der Waals surface area contributed by atoms with Gasteiger partial charge in [-0.25, -0.2) is 4.98 Å². The normalized spacial score (nSPS) is 18.1. The maximum absolute atomic E-state index is 4.79. The van der Waals surface area contributed by atoms with Gasteiger partial charge in [-0.05, 0) is 68.9 Å². The van der Waals surface area contributed by atoms with E-state index < -0.39 is 0 Å². The molecule has 6 heteroatoms. The number of fused-ring (bicyclic) bond motifs is 5. The minimum atomic E-state index is 0.609. The van der Waals surface area contributed by atoms with Crippen LogP contribution in [0.15, 0.2) is 77.3 Å². The number of aliphatic imine (C=N–C) groups is 1. The van der Waals surface area contributed by atoms with E-state index in [9.17, 15) is 0 Å². The molecule has 0 fully saturated rings. The molecule has 0 saturated heterocycles. The molecule has 3 aromatic rings. The quantitative estimate of drug-likeness (QED) is 0.393. The molecular formula is C29H37N5O. The summed E-state index contributed by atoms with van der Waals surface area (Å²) in [5.41, 5.74) is 4.81. The lowest BCUT2D eigenvalue weighted by Crippen LogP contribution is -2.13. The lowest BCUT2D eigenvalue weighted by molar-refractivity contribution is 0.215. The van der Waals surface area contributed by atoms with Crippen LogP contribution < -0.4 is 10.6 Å². The van der Waals surface area contributed by atoms with Gasteiger partial charge in [-0.3, -0.25) is 4.99 Å². The van der Waals surface area contributed by atoms with Crippen molar-refractivity contribution in [3.8, 4) is 0 Å². The second kappa shape index (κ2) is 14.0. The zero-order valence-corrected chi connectivity index (χ0v) is 21.3. The topological polar surface area (TPSA) is 71.4 Å². The van der Waals surface area contributed by atoms with Crippen molar-refractivity contribution in [1.82, 2.24) is 9.97 Å². The first-order valence-electron chi connectivity index (χ1n) is 12.3. The number of benzene rings is 2. The van der Waals surface area contributed by atoms with E-state index in [1.165, 1.54) is 16.7 Å². The average molecular weight is 472 g/mol. The van der Waals surface area contributed by atoms with Crippen molar-refractivity contribution in [2.45, 2.75) is 46.1 Å². The molecule has 2 N–H and O–H groups in total. The Labute approximate surface area is 209 Å². The van der Waals surface area contributed by atoms with Gasteiger partial charge in [0.05, 0.1) is 5.52 Å². The van der Waals surface area contributed by atoms with Crippen molar-refractivity contribution in [2.75, 3.05) is 31.4 Å². The van der Waals surface area contributed by atoms with Gasteiger partial charge in [0.15, 0.2) is 0 Å². The fourth-order valence-electron chi connectivity index (χ4n) is 3.77. The van der Waals surface area contributed by atoms with Gasteiger partial charge < -0.3 is 15.4 Å². The molecule has 1 aliphatic heterocycles. The van der Waals surface area contributed by atoms with Crippen LogP contribution in [0, 0.1) is 0 Å². The highest BCUT2D eigenvalue weighted by Gasteiger charge is 2.10. The summed E-state index contributed by atoms with van der Waals surface area (Å²) in [7, 11) is 3.48. The standard InChI is InChI=1S/C26H29N5.C3H8O/c1-19-11-5-3-4-6-12-20-13-7-8-14-21(20)18-28-26-29-23-16-10-9-15-22(23)25(31-26)30-24(17-19)27-2;1-3-4-2/h3,5,7-10,13-17H,4,6,11-12,18H2,1-2H3,(H2,27,28,29,30,31);3H2,1-2H3/b5-3-,19-17+;. The molecule has 0 amide bonds. The van der Waals surface area contributed by atoms with Crippen LogP contribution in [0.1, 0.15) is 44.2 Å². The molecule has 0 unspecified atom stereocenters. The number of methoxy groups -OCH3 is 1. The Bertz CT molecular complexity index is 1180. The molecule has 184 valence electrons. The first-order chi connectivity index (χ1) is 17.1. The van der Waals surface area contributed by atoms with Crippen molar-refractivity contribution >= 4 is 28.5 Å². The number of allylic oxidation sites excluding steroid dienone is 3. The molecule has 2 aromatic carbocycles. The second-order valence-corrected chi connectivity index (χ2v) is 8.40. The van der Waals surface area contributed by atoms with E-state index in [1.54, 1.807) is 14.2 Å². The van der Waals surface area contributed by atoms with Crippen molar-refractivity contribution in [2.24, 2.45) is 4.99 Å². The number of nitrogens with one attached hydrogen (secondary N) is 2. The van der Waals surface area contributed by atoms with E-state index in [4.69, 9.17) is 9.97 Å². The zero-order chi connectivity index (χ0) is 24.9. The summed E-state index contributed by atoms with van der Waals surface area (Å²) in [6.45, 7) is 5.60. The first kappa shape index (κ1) is 26.1. The highest BCUT2D eigenvalue weighted by Crippen LogP contribution is 2.23. The molecule has 0 radical (unpaired) electrons. The molecule has 35 heavy (non-hydrogen) atoms. The van der Waals surface area contributed by atoms with E-state index in [1.807, 2.05) is 31.2 Å². The number of hydrogen-bond donors (Lipinski definition) is 2. The Kier molecular flexibility index (Phi) is 10.5. The van der Waals surface area contributed by atoms with Gasteiger partial charge in [-0.1, -0.05) is 54.1 Å². The number of para-hydroxylation sites is 1. The summed E-state index contributed by atoms with van der Waals surface area (Å²) in [6.07, 6.45) is 10.8. The summed E-state index contributed by atoms with van der Waals surface area (Å²) >= 11 is 0. The number of amidine groups is 1. The summed E-state index contributed by atoms with van der Waals surface area (Å²) in [5.74, 6) is 2.15. The van der Waals surface area contributed by atoms with Crippen LogP contribution in [-0.2, 0) is 17.7 Å². The van der Waals surface area contributed by atoms with Crippen LogP contribution in [-0.4, -0.2) is 36.6 Å². The van der Waals surface area contributed by atoms with Gasteiger partial charge in [0, 0.05) is 32.7 Å². The smallest absolute Gasteiger partial charge is 0.225 e. The monoisotopic (exact) mass is 471 g/mol. The highest BCUT2D eigenvalue weighted by atomic mass is 16.5. The number of nitrogens with zero attached hydrogens (tertiary/aromatic N) is 3. The average Bonchev–Trinajstić information content (AvgIpc) is 2.89. The molecule has 0 aliphatic carbocycles. The highest BCUT2D eigenvalue weighted by molar-refractivity contribution is 6.07. The van der Waals surface area contributed by atoms with Crippen LogP contribution in [0.4, 0.5) is 11.8 Å². The van der Waals surface area contributed by atoms with Crippen LogP contribution in [0.2, 0.25) is 0 Å². The number of aryl methyl sites for hydroxylation is 1. The third-order valence-corrected chi connectivity index (χ3v) is 5.74. The number of aromatic nitrogens is 2. The van der Waals surface area contributed by atoms with Gasteiger partial charge in [-0.2, -0.15) is 4.98 Å². The van der Waals surface area contributed by atoms with Crippen molar-refractivity contribution in [3.63, 3.8) is 0 Å². The van der Waals surface area contributed by atoms with Gasteiger partial charge in [0.2, 0.25) is 5.95 Å². The van der Waals surface area contributed by atoms with Gasteiger partial charge >= 0.3 is 0 Å². The molecule has 6 nitrogen and oxygen atoms in total. The van der Waals surface area contributed by atoms with Gasteiger partial charge in [-0.15, -0.1) is 0 Å². The molecule has 2 bridgehead atoms. The van der Waals surface area contributed by atoms with Crippen molar-refractivity contribution < 1.29 is 4.74 Å². The second-order valence-electron chi connectivity index (χ2n) is 8.40. The molecule has 1 aliphatic rings. The Morgan fingerprint density at radius 3 is 2.51 bits per heavy atom. The Morgan fingerprint density at radius 2 is 1.74 bits per heavy atom. The third-order valence-electron chi connectivity index (χ3n) is 5.74. The first-order valence-corrected chi connectivity index (χ1v) is 12.3. The van der Waals surface area contributed by atoms with Crippen LogP contribution >= 0.6 is 0 Å². The van der Waals surface area contributed by atoms with E-state index >= 15 is 0 Å². The largest absolute Gasteiger partial charge is 0.385 e. The maximum Gasteiger partial charge on any atom is 0.225 e. The van der Waals surface area contributed by atoms with Crippen LogP contribution in [0.5, 0.6) is 0 Å². The SMILES string of the molecule is CCOC.CN=C1/C=C(\C)C/C=C\CCCc2ccccc2CNc2nc(c3ccccc3n2)N1. The molecule has 0 atom stereocenters. The van der Waals surface area contributed by atoms with E-state index in [0.29, 0.717) is 12.5 Å². The molecule has 4 rings (SSSR count). The molecule has 0 saturated carbocycles. The number of anilines is 2. The molecular weight excluding hydrogens is 434 g/mol. The predicted molar refractivity (Wildman–Crippen MR) is 148 cm³/mol. The number of hydrogen-bond acceptors (Lipinski definition) is 5. The molecule has 0 spiro atoms. The van der Waals surface area contributed by atoms with E-state index in [0.717, 1.165) is 54.8 Å². The van der Waals surface area contributed by atoms with Crippen LogP contribution in [0.25, 0.3) is 10.9 Å². The number of rotatable bonds is 1. The van der Waals surface area contributed by atoms with Crippen molar-refractivity contribution in [3.05, 3.63) is 83.5 Å². The van der Waals surface area contributed by atoms with Gasteiger partial charge in [0.25, 0.3) is 0 Å². The van der Waals surface area contributed by atoms with E-state index in [-0.39, 0.29) is 0 Å². The Morgan fingerprint density at radius 1 is 1.00 bits per heavy atom. The predicted octanol–water partition coefficient (Wildman–Crippen LogP) is 6.56. The minimum Gasteiger partial charge on any atom is -0.385 e. The summed E-state index contributed by atoms with van der Waals surface area (Å²) < 4.78 is 4.54. The summed E-state index contributed by atoms with van der Waals surface area (Å²) in [6, 6.07) is 16.7. The fraction of sp³-hybridized carbons (Fsp3) is 0.345. The lowest BCUT2D eigenvalue weighted by atomic mass is 10.0.